The Balaban J connectivity index is 2.04. The lowest BCUT2D eigenvalue weighted by atomic mass is 9.74. The summed E-state index contributed by atoms with van der Waals surface area (Å²) in [6.45, 7) is 2.06. The van der Waals surface area contributed by atoms with E-state index >= 15 is 0 Å². The van der Waals surface area contributed by atoms with Gasteiger partial charge in [-0.15, -0.1) is 0 Å². The molecule has 2 aliphatic rings. The van der Waals surface area contributed by atoms with Gasteiger partial charge in [0.05, 0.1) is 0 Å². The number of likely N-dealkylation sites (tertiary alicyclic amines) is 1. The number of rotatable bonds is 1. The van der Waals surface area contributed by atoms with E-state index in [1.165, 1.54) is 25.0 Å². The van der Waals surface area contributed by atoms with Crippen molar-refractivity contribution in [2.45, 2.75) is 24.7 Å². The second kappa shape index (κ2) is 3.77. The zero-order chi connectivity index (χ0) is 12.0. The van der Waals surface area contributed by atoms with Gasteiger partial charge in [-0.1, -0.05) is 12.5 Å². The van der Waals surface area contributed by atoms with E-state index in [-0.39, 0.29) is 5.41 Å². The van der Waals surface area contributed by atoms with Crippen LogP contribution in [0.25, 0.3) is 0 Å². The monoisotopic (exact) mass is 237 g/mol. The number of benzene rings is 1. The van der Waals surface area contributed by atoms with E-state index in [2.05, 4.69) is 11.9 Å². The third-order valence-corrected chi connectivity index (χ3v) is 4.54. The molecule has 0 spiro atoms. The summed E-state index contributed by atoms with van der Waals surface area (Å²) in [4.78, 5) is 2.31. The molecule has 0 bridgehead atoms. The molecule has 92 valence electrons. The first-order valence-electron chi connectivity index (χ1n) is 6.26. The van der Waals surface area contributed by atoms with E-state index in [1.54, 1.807) is 6.07 Å². The molecule has 1 aliphatic heterocycles. The van der Waals surface area contributed by atoms with Crippen molar-refractivity contribution in [2.24, 2.45) is 5.92 Å². The number of hydrogen-bond acceptors (Lipinski definition) is 1. The third-order valence-electron chi connectivity index (χ3n) is 4.54. The van der Waals surface area contributed by atoms with Crippen LogP contribution in [-0.2, 0) is 5.41 Å². The molecule has 2 atom stereocenters. The van der Waals surface area contributed by atoms with E-state index in [0.29, 0.717) is 5.92 Å². The predicted molar refractivity (Wildman–Crippen MR) is 62.9 cm³/mol. The lowest BCUT2D eigenvalue weighted by Gasteiger charge is -2.29. The minimum atomic E-state index is -0.744. The van der Waals surface area contributed by atoms with Gasteiger partial charge < -0.3 is 4.90 Å². The quantitative estimate of drug-likeness (QED) is 0.726. The van der Waals surface area contributed by atoms with E-state index in [0.717, 1.165) is 25.1 Å². The van der Waals surface area contributed by atoms with Gasteiger partial charge in [0.15, 0.2) is 11.6 Å². The van der Waals surface area contributed by atoms with Crippen LogP contribution in [0, 0.1) is 17.6 Å². The Labute approximate surface area is 100 Å². The molecule has 0 unspecified atom stereocenters. The predicted octanol–water partition coefficient (Wildman–Crippen LogP) is 2.95. The van der Waals surface area contributed by atoms with Crippen LogP contribution in [0.2, 0.25) is 0 Å². The van der Waals surface area contributed by atoms with Crippen LogP contribution in [0.4, 0.5) is 8.78 Å². The molecular weight excluding hydrogens is 220 g/mol. The molecule has 1 aromatic carbocycles. The van der Waals surface area contributed by atoms with Gasteiger partial charge in [0.25, 0.3) is 0 Å². The molecule has 0 amide bonds. The van der Waals surface area contributed by atoms with Crippen LogP contribution < -0.4 is 0 Å². The summed E-state index contributed by atoms with van der Waals surface area (Å²) in [7, 11) is 2.11. The minimum Gasteiger partial charge on any atom is -0.305 e. The molecule has 1 heterocycles. The van der Waals surface area contributed by atoms with Gasteiger partial charge in [0, 0.05) is 18.5 Å². The maximum Gasteiger partial charge on any atom is 0.159 e. The van der Waals surface area contributed by atoms with Crippen LogP contribution in [-0.4, -0.2) is 25.0 Å². The molecule has 1 saturated carbocycles. The number of nitrogens with zero attached hydrogens (tertiary/aromatic N) is 1. The SMILES string of the molecule is CN1C[C@H]2CCC[C@@]2(c2ccc(F)c(F)c2)C1. The first-order chi connectivity index (χ1) is 8.12. The van der Waals surface area contributed by atoms with Crippen molar-refractivity contribution in [3.8, 4) is 0 Å². The highest BCUT2D eigenvalue weighted by Crippen LogP contribution is 2.50. The van der Waals surface area contributed by atoms with E-state index < -0.39 is 11.6 Å². The second-order valence-electron chi connectivity index (χ2n) is 5.57. The standard InChI is InChI=1S/C14H17F2N/c1-17-8-11-3-2-6-14(11,9-17)10-4-5-12(15)13(16)7-10/h4-5,7,11H,2-3,6,8-9H2,1H3/t11-,14+/m1/s1. The molecule has 1 nitrogen and oxygen atoms in total. The van der Waals surface area contributed by atoms with Crippen LogP contribution in [0.5, 0.6) is 0 Å². The largest absolute Gasteiger partial charge is 0.305 e. The highest BCUT2D eigenvalue weighted by atomic mass is 19.2. The maximum absolute atomic E-state index is 13.4. The van der Waals surface area contributed by atoms with E-state index in [1.807, 2.05) is 0 Å². The van der Waals surface area contributed by atoms with Crippen LogP contribution >= 0.6 is 0 Å². The van der Waals surface area contributed by atoms with E-state index in [9.17, 15) is 8.78 Å². The maximum atomic E-state index is 13.4. The normalized spacial score (nSPS) is 33.0. The van der Waals surface area contributed by atoms with Gasteiger partial charge in [-0.2, -0.15) is 0 Å². The van der Waals surface area contributed by atoms with Crippen molar-refractivity contribution in [1.82, 2.24) is 4.90 Å². The average Bonchev–Trinajstić information content (AvgIpc) is 2.78. The van der Waals surface area contributed by atoms with Gasteiger partial charge >= 0.3 is 0 Å². The van der Waals surface area contributed by atoms with Gasteiger partial charge in [-0.25, -0.2) is 8.78 Å². The summed E-state index contributed by atoms with van der Waals surface area (Å²) in [5, 5.41) is 0. The van der Waals surface area contributed by atoms with Crippen molar-refractivity contribution in [2.75, 3.05) is 20.1 Å². The second-order valence-corrected chi connectivity index (χ2v) is 5.57. The molecule has 1 saturated heterocycles. The summed E-state index contributed by atoms with van der Waals surface area (Å²) < 4.78 is 26.4. The Bertz CT molecular complexity index is 446. The van der Waals surface area contributed by atoms with Crippen LogP contribution in [0.15, 0.2) is 18.2 Å². The van der Waals surface area contributed by atoms with Crippen molar-refractivity contribution >= 4 is 0 Å². The lowest BCUT2D eigenvalue weighted by Crippen LogP contribution is -2.31. The fourth-order valence-corrected chi connectivity index (χ4v) is 3.82. The number of likely N-dealkylation sites (N-methyl/N-ethyl adjacent to an activating group) is 1. The molecule has 0 radical (unpaired) electrons. The number of halogens is 2. The first kappa shape index (κ1) is 11.1. The van der Waals surface area contributed by atoms with Crippen molar-refractivity contribution < 1.29 is 8.78 Å². The van der Waals surface area contributed by atoms with Gasteiger partial charge in [0.2, 0.25) is 0 Å². The van der Waals surface area contributed by atoms with Crippen molar-refractivity contribution in [3.05, 3.63) is 35.4 Å². The zero-order valence-corrected chi connectivity index (χ0v) is 10.0. The molecule has 3 heteroatoms. The smallest absolute Gasteiger partial charge is 0.159 e. The Morgan fingerprint density at radius 3 is 2.88 bits per heavy atom. The fraction of sp³-hybridized carbons (Fsp3) is 0.571. The molecule has 0 N–H and O–H groups in total. The summed E-state index contributed by atoms with van der Waals surface area (Å²) in [5.41, 5.74) is 1.06. The highest BCUT2D eigenvalue weighted by molar-refractivity contribution is 5.31. The third kappa shape index (κ3) is 1.60. The van der Waals surface area contributed by atoms with Gasteiger partial charge in [-0.05, 0) is 43.5 Å². The Hall–Kier alpha value is -0.960. The molecule has 2 fully saturated rings. The van der Waals surface area contributed by atoms with Crippen LogP contribution in [0.3, 0.4) is 0 Å². The molecule has 0 aromatic heterocycles. The van der Waals surface area contributed by atoms with E-state index in [4.69, 9.17) is 0 Å². The summed E-state index contributed by atoms with van der Waals surface area (Å²) >= 11 is 0. The number of fused-ring (bicyclic) bond motifs is 1. The van der Waals surface area contributed by atoms with Crippen molar-refractivity contribution in [1.29, 1.82) is 0 Å². The molecule has 17 heavy (non-hydrogen) atoms. The van der Waals surface area contributed by atoms with Gasteiger partial charge in [0.1, 0.15) is 0 Å². The Kier molecular flexibility index (Phi) is 2.47. The molecule has 3 rings (SSSR count). The minimum absolute atomic E-state index is 0.0727. The van der Waals surface area contributed by atoms with Gasteiger partial charge in [-0.3, -0.25) is 0 Å². The van der Waals surface area contributed by atoms with Crippen molar-refractivity contribution in [3.63, 3.8) is 0 Å². The molecular formula is C14H17F2N. The summed E-state index contributed by atoms with van der Waals surface area (Å²) in [5.74, 6) is -0.847. The average molecular weight is 237 g/mol. The topological polar surface area (TPSA) is 3.24 Å². The summed E-state index contributed by atoms with van der Waals surface area (Å²) in [6.07, 6.45) is 3.52. The summed E-state index contributed by atoms with van der Waals surface area (Å²) in [6, 6.07) is 4.45. The Morgan fingerprint density at radius 2 is 2.12 bits per heavy atom. The zero-order valence-electron chi connectivity index (χ0n) is 10.0. The Morgan fingerprint density at radius 1 is 1.29 bits per heavy atom. The molecule has 1 aliphatic carbocycles. The fourth-order valence-electron chi connectivity index (χ4n) is 3.82. The lowest BCUT2D eigenvalue weighted by molar-refractivity contribution is 0.358. The highest BCUT2D eigenvalue weighted by Gasteiger charge is 2.49. The molecule has 1 aromatic rings. The number of hydrogen-bond donors (Lipinski definition) is 0. The first-order valence-corrected chi connectivity index (χ1v) is 6.26. The van der Waals surface area contributed by atoms with Crippen LogP contribution in [0.1, 0.15) is 24.8 Å².